The fourth-order valence-electron chi connectivity index (χ4n) is 2.92. The van der Waals surface area contributed by atoms with Crippen LogP contribution in [-0.4, -0.2) is 22.7 Å². The molecule has 112 valence electrons. The van der Waals surface area contributed by atoms with Gasteiger partial charge < -0.3 is 5.11 Å². The predicted octanol–water partition coefficient (Wildman–Crippen LogP) is 3.08. The molecule has 1 saturated carbocycles. The van der Waals surface area contributed by atoms with Gasteiger partial charge in [0.05, 0.1) is 11.6 Å². The van der Waals surface area contributed by atoms with E-state index in [0.29, 0.717) is 18.6 Å². The maximum absolute atomic E-state index is 13.1. The highest BCUT2D eigenvalue weighted by atomic mass is 19.4. The van der Waals surface area contributed by atoms with Crippen molar-refractivity contribution in [1.29, 1.82) is 0 Å². The van der Waals surface area contributed by atoms with E-state index in [0.717, 1.165) is 11.1 Å². The van der Waals surface area contributed by atoms with E-state index >= 15 is 0 Å². The van der Waals surface area contributed by atoms with Crippen LogP contribution in [0.5, 0.6) is 0 Å². The van der Waals surface area contributed by atoms with Gasteiger partial charge in [0.25, 0.3) is 5.72 Å². The number of nitrogens with zero attached hydrogens (tertiary/aromatic N) is 1. The van der Waals surface area contributed by atoms with E-state index in [1.807, 2.05) is 41.8 Å². The van der Waals surface area contributed by atoms with Crippen LogP contribution >= 0.6 is 0 Å². The van der Waals surface area contributed by atoms with Gasteiger partial charge in [0.1, 0.15) is 0 Å². The molecule has 6 heteroatoms. The van der Waals surface area contributed by atoms with Crippen molar-refractivity contribution in [1.82, 2.24) is 5.43 Å². The van der Waals surface area contributed by atoms with Crippen molar-refractivity contribution < 1.29 is 18.3 Å². The zero-order chi connectivity index (χ0) is 15.1. The smallest absolute Gasteiger partial charge is 0.362 e. The summed E-state index contributed by atoms with van der Waals surface area (Å²) < 4.78 is 39.2. The molecule has 2 atom stereocenters. The molecular weight excluding hydrogens is 281 g/mol. The van der Waals surface area contributed by atoms with Gasteiger partial charge in [0.2, 0.25) is 0 Å². The monoisotopic (exact) mass is 296 g/mol. The molecule has 1 heterocycles. The quantitative estimate of drug-likeness (QED) is 0.836. The number of benzene rings is 1. The second kappa shape index (κ2) is 4.87. The molecular formula is C15H15F3N2O. The lowest BCUT2D eigenvalue weighted by molar-refractivity contribution is -0.281. The number of allylic oxidation sites excluding steroid dienone is 1. The Labute approximate surface area is 120 Å². The van der Waals surface area contributed by atoms with E-state index in [4.69, 9.17) is 0 Å². The maximum atomic E-state index is 13.1. The molecule has 0 bridgehead atoms. The van der Waals surface area contributed by atoms with Crippen LogP contribution in [0, 0.1) is 5.92 Å². The summed E-state index contributed by atoms with van der Waals surface area (Å²) in [7, 11) is 0. The normalized spacial score (nSPS) is 30.8. The summed E-state index contributed by atoms with van der Waals surface area (Å²) in [6, 6.07) is 9.38. The van der Waals surface area contributed by atoms with Gasteiger partial charge in [-0.3, -0.25) is 5.43 Å². The van der Waals surface area contributed by atoms with Crippen molar-refractivity contribution in [3.8, 4) is 0 Å². The molecule has 3 rings (SSSR count). The first-order valence-corrected chi connectivity index (χ1v) is 6.81. The SMILES string of the molecule is O[C@]1(C(F)(F)F)NN=C2/C(=C/c3ccccc3)CCC[C@@H]21. The Bertz CT molecular complexity index is 595. The van der Waals surface area contributed by atoms with Crippen LogP contribution in [0.25, 0.3) is 6.08 Å². The molecule has 2 N–H and O–H groups in total. The molecule has 1 fully saturated rings. The molecule has 1 aromatic rings. The van der Waals surface area contributed by atoms with Gasteiger partial charge >= 0.3 is 6.18 Å². The molecule has 0 saturated heterocycles. The van der Waals surface area contributed by atoms with Crippen molar-refractivity contribution in [3.05, 3.63) is 41.5 Å². The number of halogens is 3. The van der Waals surface area contributed by atoms with E-state index in [-0.39, 0.29) is 6.42 Å². The number of nitrogens with one attached hydrogen (secondary N) is 1. The highest BCUT2D eigenvalue weighted by Crippen LogP contribution is 2.44. The Morgan fingerprint density at radius 1 is 1.29 bits per heavy atom. The Hall–Kier alpha value is -1.82. The van der Waals surface area contributed by atoms with E-state index in [1.54, 1.807) is 0 Å². The Balaban J connectivity index is 1.93. The third-order valence-electron chi connectivity index (χ3n) is 4.02. The second-order valence-corrected chi connectivity index (χ2v) is 5.40. The molecule has 0 radical (unpaired) electrons. The average molecular weight is 296 g/mol. The van der Waals surface area contributed by atoms with Gasteiger partial charge in [-0.1, -0.05) is 30.3 Å². The standard InChI is InChI=1S/C15H15F3N2O/c16-15(17,18)14(21)12-8-4-7-11(13(12)19-20-14)9-10-5-2-1-3-6-10/h1-3,5-6,9,12,20-21H,4,7-8H2/b11-9+/t12-,14+/m0/s1. The van der Waals surface area contributed by atoms with Gasteiger partial charge in [-0.15, -0.1) is 0 Å². The largest absolute Gasteiger partial charge is 0.438 e. The minimum Gasteiger partial charge on any atom is -0.362 e. The number of aliphatic hydroxyl groups is 1. The third kappa shape index (κ3) is 2.33. The van der Waals surface area contributed by atoms with Crippen molar-refractivity contribution in [3.63, 3.8) is 0 Å². The van der Waals surface area contributed by atoms with Crippen LogP contribution in [0.3, 0.4) is 0 Å². The number of alkyl halides is 3. The number of fused-ring (bicyclic) bond motifs is 1. The topological polar surface area (TPSA) is 44.6 Å². The summed E-state index contributed by atoms with van der Waals surface area (Å²) in [5, 5.41) is 13.7. The highest BCUT2D eigenvalue weighted by molar-refractivity contribution is 6.07. The molecule has 2 aliphatic rings. The Kier molecular flexibility index (Phi) is 3.28. The molecule has 0 unspecified atom stereocenters. The zero-order valence-corrected chi connectivity index (χ0v) is 11.2. The Morgan fingerprint density at radius 2 is 2.00 bits per heavy atom. The van der Waals surface area contributed by atoms with E-state index in [9.17, 15) is 18.3 Å². The predicted molar refractivity (Wildman–Crippen MR) is 73.3 cm³/mol. The van der Waals surface area contributed by atoms with Crippen molar-refractivity contribution in [2.75, 3.05) is 0 Å². The average Bonchev–Trinajstić information content (AvgIpc) is 2.80. The summed E-state index contributed by atoms with van der Waals surface area (Å²) in [6.07, 6.45) is -1.37. The number of hydrogen-bond donors (Lipinski definition) is 2. The molecule has 0 amide bonds. The van der Waals surface area contributed by atoms with E-state index in [2.05, 4.69) is 5.10 Å². The van der Waals surface area contributed by atoms with Crippen LogP contribution < -0.4 is 5.43 Å². The van der Waals surface area contributed by atoms with E-state index in [1.165, 1.54) is 0 Å². The van der Waals surface area contributed by atoms with E-state index < -0.39 is 17.8 Å². The first-order valence-electron chi connectivity index (χ1n) is 6.81. The number of rotatable bonds is 1. The lowest BCUT2D eigenvalue weighted by atomic mass is 9.77. The summed E-state index contributed by atoms with van der Waals surface area (Å²) in [5.41, 5.74) is 0.956. The first-order chi connectivity index (χ1) is 9.92. The summed E-state index contributed by atoms with van der Waals surface area (Å²) in [4.78, 5) is 0. The van der Waals surface area contributed by atoms with Crippen molar-refractivity contribution in [2.45, 2.75) is 31.2 Å². The van der Waals surface area contributed by atoms with Crippen LogP contribution in [0.15, 0.2) is 41.0 Å². The lowest BCUT2D eigenvalue weighted by Crippen LogP contribution is -2.58. The van der Waals surface area contributed by atoms with Crippen LogP contribution in [0.1, 0.15) is 24.8 Å². The second-order valence-electron chi connectivity index (χ2n) is 5.40. The first kappa shape index (κ1) is 14.1. The van der Waals surface area contributed by atoms with Gasteiger partial charge in [-0.25, -0.2) is 0 Å². The lowest BCUT2D eigenvalue weighted by Gasteiger charge is -2.34. The molecule has 21 heavy (non-hydrogen) atoms. The molecule has 1 aromatic carbocycles. The minimum absolute atomic E-state index is 0.272. The van der Waals surface area contributed by atoms with Crippen LogP contribution in [0.4, 0.5) is 13.2 Å². The Morgan fingerprint density at radius 3 is 2.67 bits per heavy atom. The molecule has 3 nitrogen and oxygen atoms in total. The summed E-state index contributed by atoms with van der Waals surface area (Å²) >= 11 is 0. The van der Waals surface area contributed by atoms with Crippen LogP contribution in [0.2, 0.25) is 0 Å². The van der Waals surface area contributed by atoms with Gasteiger partial charge in [-0.05, 0) is 36.5 Å². The number of hydrazone groups is 1. The summed E-state index contributed by atoms with van der Waals surface area (Å²) in [6.45, 7) is 0. The summed E-state index contributed by atoms with van der Waals surface area (Å²) in [5.74, 6) is -1.04. The molecule has 0 aromatic heterocycles. The maximum Gasteiger partial charge on any atom is 0.438 e. The third-order valence-corrected chi connectivity index (χ3v) is 4.02. The van der Waals surface area contributed by atoms with Gasteiger partial charge in [-0.2, -0.15) is 18.3 Å². The fraction of sp³-hybridized carbons (Fsp3) is 0.400. The highest BCUT2D eigenvalue weighted by Gasteiger charge is 2.63. The van der Waals surface area contributed by atoms with Crippen LogP contribution in [-0.2, 0) is 0 Å². The van der Waals surface area contributed by atoms with Crippen molar-refractivity contribution in [2.24, 2.45) is 11.0 Å². The van der Waals surface area contributed by atoms with Gasteiger partial charge in [0.15, 0.2) is 0 Å². The van der Waals surface area contributed by atoms with Gasteiger partial charge in [0, 0.05) is 0 Å². The minimum atomic E-state index is -4.75. The number of hydrogen-bond acceptors (Lipinski definition) is 3. The fourth-order valence-corrected chi connectivity index (χ4v) is 2.92. The molecule has 0 spiro atoms. The molecule has 1 aliphatic carbocycles. The molecule has 1 aliphatic heterocycles. The van der Waals surface area contributed by atoms with Crippen molar-refractivity contribution >= 4 is 11.8 Å². The zero-order valence-electron chi connectivity index (χ0n) is 11.2.